The molecule has 7 heteroatoms. The monoisotopic (exact) mass is 368 g/mol. The van der Waals surface area contributed by atoms with Gasteiger partial charge in [-0.15, -0.1) is 0 Å². The smallest absolute Gasteiger partial charge is 0.243 e. The molecule has 0 spiro atoms. The van der Waals surface area contributed by atoms with E-state index in [1.807, 2.05) is 36.4 Å². The highest BCUT2D eigenvalue weighted by Gasteiger charge is 2.45. The molecule has 1 heterocycles. The van der Waals surface area contributed by atoms with E-state index in [1.54, 1.807) is 27.9 Å². The summed E-state index contributed by atoms with van der Waals surface area (Å²) in [6.45, 7) is 3.40. The Morgan fingerprint density at radius 2 is 1.88 bits per heavy atom. The van der Waals surface area contributed by atoms with E-state index in [4.69, 9.17) is 0 Å². The van der Waals surface area contributed by atoms with E-state index in [0.717, 1.165) is 17.3 Å². The summed E-state index contributed by atoms with van der Waals surface area (Å²) in [7, 11) is 3.32. The molecular weight excluding hydrogens is 348 g/mol. The number of likely N-dealkylation sites (N-methyl/N-ethyl adjacent to an activating group) is 1. The van der Waals surface area contributed by atoms with Crippen LogP contribution < -0.4 is 5.32 Å². The van der Waals surface area contributed by atoms with Gasteiger partial charge in [-0.3, -0.25) is 9.59 Å². The Labute approximate surface area is 157 Å². The number of nitriles is 2. The first-order valence-corrected chi connectivity index (χ1v) is 8.90. The molecule has 134 valence electrons. The summed E-state index contributed by atoms with van der Waals surface area (Å²) in [5.41, 5.74) is 0.146. The third-order valence-electron chi connectivity index (χ3n) is 4.34. The Kier molecular flexibility index (Phi) is 5.74. The third kappa shape index (κ3) is 3.58. The maximum Gasteiger partial charge on any atom is 0.243 e. The molecule has 2 amide bonds. The van der Waals surface area contributed by atoms with Gasteiger partial charge < -0.3 is 10.2 Å². The van der Waals surface area contributed by atoms with Crippen LogP contribution in [0.2, 0.25) is 0 Å². The van der Waals surface area contributed by atoms with Crippen LogP contribution in [0.5, 0.6) is 0 Å². The van der Waals surface area contributed by atoms with Crippen molar-refractivity contribution in [1.29, 1.82) is 10.5 Å². The fraction of sp³-hybridized carbons (Fsp3) is 0.368. The Morgan fingerprint density at radius 3 is 2.38 bits per heavy atom. The average molecular weight is 368 g/mol. The number of thioether (sulfide) groups is 1. The van der Waals surface area contributed by atoms with E-state index in [2.05, 4.69) is 11.4 Å². The zero-order valence-corrected chi connectivity index (χ0v) is 15.9. The summed E-state index contributed by atoms with van der Waals surface area (Å²) in [4.78, 5) is 26.5. The molecule has 6 nitrogen and oxygen atoms in total. The summed E-state index contributed by atoms with van der Waals surface area (Å²) >= 11 is 1.13. The van der Waals surface area contributed by atoms with Gasteiger partial charge in [-0.1, -0.05) is 55.9 Å². The van der Waals surface area contributed by atoms with Gasteiger partial charge in [0.25, 0.3) is 0 Å². The Bertz CT molecular complexity index is 831. The maximum absolute atomic E-state index is 12.7. The predicted octanol–water partition coefficient (Wildman–Crippen LogP) is 2.58. The van der Waals surface area contributed by atoms with E-state index in [1.165, 1.54) is 4.90 Å². The number of nitrogens with one attached hydrogen (secondary N) is 1. The lowest BCUT2D eigenvalue weighted by atomic mass is 9.72. The summed E-state index contributed by atoms with van der Waals surface area (Å²) < 4.78 is 0. The van der Waals surface area contributed by atoms with Crippen molar-refractivity contribution in [3.8, 4) is 12.1 Å². The minimum Gasteiger partial charge on any atom is -0.348 e. The van der Waals surface area contributed by atoms with Crippen LogP contribution in [-0.4, -0.2) is 30.8 Å². The van der Waals surface area contributed by atoms with Gasteiger partial charge >= 0.3 is 0 Å². The van der Waals surface area contributed by atoms with E-state index in [0.29, 0.717) is 10.6 Å². The lowest BCUT2D eigenvalue weighted by Crippen LogP contribution is -2.44. The van der Waals surface area contributed by atoms with Crippen molar-refractivity contribution in [2.45, 2.75) is 19.1 Å². The number of amides is 2. The first-order chi connectivity index (χ1) is 12.2. The van der Waals surface area contributed by atoms with Crippen molar-refractivity contribution in [1.82, 2.24) is 10.2 Å². The molecule has 0 aromatic heterocycles. The quantitative estimate of drug-likeness (QED) is 0.881. The second-order valence-electron chi connectivity index (χ2n) is 6.73. The SMILES string of the molecule is CN(C)C(=O)[C@@H](SC1=C(C#N)C(C)(C)[C@H](C#N)C(=O)N1)c1ccccc1. The van der Waals surface area contributed by atoms with Crippen LogP contribution in [0.25, 0.3) is 0 Å². The van der Waals surface area contributed by atoms with E-state index >= 15 is 0 Å². The summed E-state index contributed by atoms with van der Waals surface area (Å²) in [6, 6.07) is 13.3. The molecule has 1 aromatic rings. The molecule has 0 fully saturated rings. The van der Waals surface area contributed by atoms with Gasteiger partial charge in [0.2, 0.25) is 11.8 Å². The van der Waals surface area contributed by atoms with Gasteiger partial charge in [-0.05, 0) is 5.56 Å². The van der Waals surface area contributed by atoms with Crippen LogP contribution in [0.1, 0.15) is 24.7 Å². The largest absolute Gasteiger partial charge is 0.348 e. The molecule has 0 aliphatic carbocycles. The van der Waals surface area contributed by atoms with Crippen LogP contribution in [0.4, 0.5) is 0 Å². The molecule has 2 rings (SSSR count). The molecule has 0 bridgehead atoms. The second kappa shape index (κ2) is 7.63. The number of hydrogen-bond donors (Lipinski definition) is 1. The average Bonchev–Trinajstić information content (AvgIpc) is 2.59. The highest BCUT2D eigenvalue weighted by molar-refractivity contribution is 8.03. The van der Waals surface area contributed by atoms with Gasteiger partial charge in [-0.2, -0.15) is 10.5 Å². The molecular formula is C19H20N4O2S. The molecule has 0 unspecified atom stereocenters. The number of nitrogens with zero attached hydrogens (tertiary/aromatic N) is 3. The van der Waals surface area contributed by atoms with Crippen LogP contribution in [-0.2, 0) is 9.59 Å². The maximum atomic E-state index is 12.7. The predicted molar refractivity (Wildman–Crippen MR) is 99.1 cm³/mol. The van der Waals surface area contributed by atoms with Crippen molar-refractivity contribution in [2.75, 3.05) is 14.1 Å². The minimum absolute atomic E-state index is 0.152. The fourth-order valence-electron chi connectivity index (χ4n) is 2.76. The van der Waals surface area contributed by atoms with Crippen LogP contribution in [0.15, 0.2) is 40.9 Å². The lowest BCUT2D eigenvalue weighted by Gasteiger charge is -2.35. The van der Waals surface area contributed by atoms with Crippen molar-refractivity contribution < 1.29 is 9.59 Å². The van der Waals surface area contributed by atoms with Crippen LogP contribution in [0.3, 0.4) is 0 Å². The van der Waals surface area contributed by atoms with E-state index in [9.17, 15) is 20.1 Å². The van der Waals surface area contributed by atoms with Gasteiger partial charge in [-0.25, -0.2) is 0 Å². The molecule has 1 aliphatic rings. The third-order valence-corrected chi connectivity index (χ3v) is 5.59. The zero-order chi connectivity index (χ0) is 19.5. The molecule has 1 N–H and O–H groups in total. The van der Waals surface area contributed by atoms with Crippen LogP contribution in [0, 0.1) is 34.0 Å². The Hall–Kier alpha value is -2.77. The molecule has 0 radical (unpaired) electrons. The summed E-state index contributed by atoms with van der Waals surface area (Å²) in [6.07, 6.45) is 0. The Balaban J connectivity index is 2.52. The van der Waals surface area contributed by atoms with Crippen molar-refractivity contribution in [3.63, 3.8) is 0 Å². The number of benzene rings is 1. The highest BCUT2D eigenvalue weighted by atomic mass is 32.2. The molecule has 0 saturated carbocycles. The van der Waals surface area contributed by atoms with Crippen LogP contribution >= 0.6 is 11.8 Å². The first kappa shape index (κ1) is 19.6. The number of carbonyl (C=O) groups excluding carboxylic acids is 2. The highest BCUT2D eigenvalue weighted by Crippen LogP contribution is 2.45. The standard InChI is InChI=1S/C19H20N4O2S/c1-19(2)13(10-20)16(24)22-17(14(19)11-21)26-15(18(25)23(3)4)12-8-6-5-7-9-12/h5-9,13,15H,1-4H3,(H,22,24)/t13-,15+/m1/s1. The number of hydrogen-bond acceptors (Lipinski definition) is 5. The molecule has 1 aromatic carbocycles. The minimum atomic E-state index is -0.957. The molecule has 1 aliphatic heterocycles. The number of rotatable bonds is 4. The number of allylic oxidation sites excluding steroid dienone is 1. The second-order valence-corrected chi connectivity index (χ2v) is 7.85. The molecule has 0 saturated heterocycles. The van der Waals surface area contributed by atoms with Gasteiger partial charge in [0, 0.05) is 19.5 Å². The summed E-state index contributed by atoms with van der Waals surface area (Å²) in [5, 5.41) is 21.3. The van der Waals surface area contributed by atoms with Gasteiger partial charge in [0.15, 0.2) is 0 Å². The fourth-order valence-corrected chi connectivity index (χ4v) is 4.18. The van der Waals surface area contributed by atoms with E-state index in [-0.39, 0.29) is 5.91 Å². The molecule has 2 atom stereocenters. The van der Waals surface area contributed by atoms with Crippen molar-refractivity contribution in [3.05, 3.63) is 46.5 Å². The zero-order valence-electron chi connectivity index (χ0n) is 15.1. The first-order valence-electron chi connectivity index (χ1n) is 8.02. The molecule has 26 heavy (non-hydrogen) atoms. The van der Waals surface area contributed by atoms with Gasteiger partial charge in [0.05, 0.1) is 22.7 Å². The summed E-state index contributed by atoms with van der Waals surface area (Å²) in [5.74, 6) is -1.57. The topological polar surface area (TPSA) is 97.0 Å². The van der Waals surface area contributed by atoms with Crippen molar-refractivity contribution in [2.24, 2.45) is 11.3 Å². The Morgan fingerprint density at radius 1 is 1.27 bits per heavy atom. The normalized spacial score (nSPS) is 19.8. The van der Waals surface area contributed by atoms with Gasteiger partial charge in [0.1, 0.15) is 11.2 Å². The van der Waals surface area contributed by atoms with E-state index < -0.39 is 22.5 Å². The van der Waals surface area contributed by atoms with Crippen molar-refractivity contribution >= 4 is 23.6 Å². The lowest BCUT2D eigenvalue weighted by molar-refractivity contribution is -0.128. The number of carbonyl (C=O) groups is 2.